The number of hydrogen-bond donors (Lipinski definition) is 1. The molecule has 3 rings (SSSR count). The van der Waals surface area contributed by atoms with E-state index in [1.165, 1.54) is 33.4 Å². The maximum atomic E-state index is 3.84. The molecule has 0 aromatic heterocycles. The summed E-state index contributed by atoms with van der Waals surface area (Å²) in [5.74, 6) is 0. The van der Waals surface area contributed by atoms with Gasteiger partial charge in [-0.25, -0.2) is 0 Å². The van der Waals surface area contributed by atoms with Crippen LogP contribution in [0, 0.1) is 0 Å². The molecule has 0 spiro atoms. The molecule has 0 bridgehead atoms. The average Bonchev–Trinajstić information content (AvgIpc) is 2.72. The van der Waals surface area contributed by atoms with Crippen molar-refractivity contribution >= 4 is 27.3 Å². The lowest BCUT2D eigenvalue weighted by Crippen LogP contribution is -2.17. The van der Waals surface area contributed by atoms with E-state index in [0.717, 1.165) is 15.8 Å². The van der Waals surface area contributed by atoms with Gasteiger partial charge in [-0.05, 0) is 89.7 Å². The molecule has 36 heavy (non-hydrogen) atoms. The van der Waals surface area contributed by atoms with Gasteiger partial charge in [0.2, 0.25) is 0 Å². The normalized spacial score (nSPS) is 13.1. The summed E-state index contributed by atoms with van der Waals surface area (Å²) >= 11 is 3.84. The zero-order valence-corrected chi connectivity index (χ0v) is 26.2. The van der Waals surface area contributed by atoms with Crippen molar-refractivity contribution in [1.82, 2.24) is 0 Å². The Balaban J connectivity index is 2.24. The van der Waals surface area contributed by atoms with Gasteiger partial charge in [0, 0.05) is 15.7 Å². The van der Waals surface area contributed by atoms with E-state index in [0.29, 0.717) is 0 Å². The van der Waals surface area contributed by atoms with Gasteiger partial charge in [-0.3, -0.25) is 0 Å². The van der Waals surface area contributed by atoms with Crippen LogP contribution in [0.25, 0.3) is 11.1 Å². The van der Waals surface area contributed by atoms with E-state index in [4.69, 9.17) is 0 Å². The zero-order valence-electron chi connectivity index (χ0n) is 24.6. The smallest absolute Gasteiger partial charge is 0.0529 e. The van der Waals surface area contributed by atoms with Crippen molar-refractivity contribution in [3.63, 3.8) is 0 Å². The molecular formula is C34H46BrN. The summed E-state index contributed by atoms with van der Waals surface area (Å²) in [6.07, 6.45) is 0. The van der Waals surface area contributed by atoms with Gasteiger partial charge in [0.1, 0.15) is 0 Å². The standard InChI is InChI=1S/C34H46BrN/c1-31(2,3)23-13-15-29(36-30-16-14-24(21-28(30)35)32(4,5)6)27(20-23)22-17-25(33(7,8)9)19-26(18-22)34(10,11)12/h13-21,36H,1-12H3. The summed E-state index contributed by atoms with van der Waals surface area (Å²) in [6.45, 7) is 27.4. The Morgan fingerprint density at radius 3 is 1.31 bits per heavy atom. The number of rotatable bonds is 3. The van der Waals surface area contributed by atoms with Gasteiger partial charge in [0.15, 0.2) is 0 Å². The van der Waals surface area contributed by atoms with Gasteiger partial charge in [0.25, 0.3) is 0 Å². The fraction of sp³-hybridized carbons (Fsp3) is 0.471. The van der Waals surface area contributed by atoms with E-state index in [-0.39, 0.29) is 21.7 Å². The van der Waals surface area contributed by atoms with E-state index in [2.05, 4.69) is 159 Å². The fourth-order valence-electron chi connectivity index (χ4n) is 4.24. The van der Waals surface area contributed by atoms with Crippen LogP contribution < -0.4 is 5.32 Å². The van der Waals surface area contributed by atoms with Crippen molar-refractivity contribution in [2.24, 2.45) is 0 Å². The summed E-state index contributed by atoms with van der Waals surface area (Å²) in [7, 11) is 0. The molecule has 0 atom stereocenters. The Bertz CT molecular complexity index is 1210. The Hall–Kier alpha value is -2.06. The molecule has 0 amide bonds. The third-order valence-corrected chi connectivity index (χ3v) is 7.62. The van der Waals surface area contributed by atoms with Crippen LogP contribution in [0.4, 0.5) is 11.4 Å². The maximum Gasteiger partial charge on any atom is 0.0529 e. The van der Waals surface area contributed by atoms with Crippen LogP contribution in [-0.2, 0) is 21.7 Å². The lowest BCUT2D eigenvalue weighted by atomic mass is 9.78. The van der Waals surface area contributed by atoms with Crippen LogP contribution >= 0.6 is 15.9 Å². The van der Waals surface area contributed by atoms with Gasteiger partial charge in [0.05, 0.1) is 5.69 Å². The lowest BCUT2D eigenvalue weighted by molar-refractivity contribution is 0.569. The van der Waals surface area contributed by atoms with Gasteiger partial charge in [-0.2, -0.15) is 0 Å². The predicted octanol–water partition coefficient (Wildman–Crippen LogP) is 11.0. The molecule has 0 aliphatic rings. The summed E-state index contributed by atoms with van der Waals surface area (Å²) in [5.41, 5.74) is 10.4. The summed E-state index contributed by atoms with van der Waals surface area (Å²) in [5, 5.41) is 3.77. The van der Waals surface area contributed by atoms with E-state index in [9.17, 15) is 0 Å². The minimum atomic E-state index is 0.0662. The first-order valence-corrected chi connectivity index (χ1v) is 13.9. The number of anilines is 2. The first-order valence-electron chi connectivity index (χ1n) is 13.1. The predicted molar refractivity (Wildman–Crippen MR) is 164 cm³/mol. The first kappa shape index (κ1) is 28.5. The first-order chi connectivity index (χ1) is 16.3. The third kappa shape index (κ3) is 6.62. The SMILES string of the molecule is CC(C)(C)c1cc(-c2cc(C(C)(C)C)ccc2Nc2ccc(C(C)(C)C)cc2Br)cc(C(C)(C)C)c1. The molecule has 3 aromatic carbocycles. The molecule has 0 heterocycles. The highest BCUT2D eigenvalue weighted by atomic mass is 79.9. The quantitative estimate of drug-likeness (QED) is 0.343. The van der Waals surface area contributed by atoms with Crippen molar-refractivity contribution in [2.75, 3.05) is 5.32 Å². The largest absolute Gasteiger partial charge is 0.354 e. The summed E-state index contributed by atoms with van der Waals surface area (Å²) in [6, 6.07) is 20.7. The monoisotopic (exact) mass is 547 g/mol. The Kier molecular flexibility index (Phi) is 7.66. The molecule has 0 saturated heterocycles. The van der Waals surface area contributed by atoms with Crippen LogP contribution in [0.3, 0.4) is 0 Å². The molecule has 0 radical (unpaired) electrons. The minimum absolute atomic E-state index is 0.0662. The molecule has 1 N–H and O–H groups in total. The summed E-state index contributed by atoms with van der Waals surface area (Å²) < 4.78 is 1.08. The molecular weight excluding hydrogens is 502 g/mol. The Morgan fingerprint density at radius 1 is 0.472 bits per heavy atom. The molecule has 194 valence electrons. The van der Waals surface area contributed by atoms with Crippen LogP contribution in [-0.4, -0.2) is 0 Å². The second-order valence-electron chi connectivity index (χ2n) is 14.4. The number of halogens is 1. The van der Waals surface area contributed by atoms with Gasteiger partial charge < -0.3 is 5.32 Å². The molecule has 1 nitrogen and oxygen atoms in total. The van der Waals surface area contributed by atoms with Crippen molar-refractivity contribution in [1.29, 1.82) is 0 Å². The van der Waals surface area contributed by atoms with Gasteiger partial charge in [-0.1, -0.05) is 113 Å². The highest BCUT2D eigenvalue weighted by Crippen LogP contribution is 2.40. The third-order valence-electron chi connectivity index (χ3n) is 6.97. The van der Waals surface area contributed by atoms with Crippen molar-refractivity contribution in [3.8, 4) is 11.1 Å². The second kappa shape index (κ2) is 9.67. The average molecular weight is 549 g/mol. The van der Waals surface area contributed by atoms with Crippen molar-refractivity contribution in [3.05, 3.63) is 81.3 Å². The van der Waals surface area contributed by atoms with E-state index >= 15 is 0 Å². The second-order valence-corrected chi connectivity index (χ2v) is 15.2. The minimum Gasteiger partial charge on any atom is -0.354 e. The van der Waals surface area contributed by atoms with Gasteiger partial charge in [-0.15, -0.1) is 0 Å². The van der Waals surface area contributed by atoms with Crippen LogP contribution in [0.2, 0.25) is 0 Å². The van der Waals surface area contributed by atoms with Crippen molar-refractivity contribution < 1.29 is 0 Å². The highest BCUT2D eigenvalue weighted by Gasteiger charge is 2.23. The number of benzene rings is 3. The van der Waals surface area contributed by atoms with Crippen LogP contribution in [0.15, 0.2) is 59.1 Å². The number of nitrogens with one attached hydrogen (secondary N) is 1. The topological polar surface area (TPSA) is 12.0 Å². The fourth-order valence-corrected chi connectivity index (χ4v) is 4.71. The molecule has 0 saturated carbocycles. The molecule has 0 aliphatic carbocycles. The molecule has 2 heteroatoms. The zero-order chi connectivity index (χ0) is 27.3. The Morgan fingerprint density at radius 2 is 0.889 bits per heavy atom. The molecule has 3 aromatic rings. The Labute approximate surface area is 229 Å². The molecule has 0 unspecified atom stereocenters. The molecule has 0 aliphatic heterocycles. The lowest BCUT2D eigenvalue weighted by Gasteiger charge is -2.28. The van der Waals surface area contributed by atoms with E-state index in [1.54, 1.807) is 0 Å². The van der Waals surface area contributed by atoms with E-state index in [1.807, 2.05) is 0 Å². The van der Waals surface area contributed by atoms with Gasteiger partial charge >= 0.3 is 0 Å². The van der Waals surface area contributed by atoms with E-state index < -0.39 is 0 Å². The summed E-state index contributed by atoms with van der Waals surface area (Å²) in [4.78, 5) is 0. The number of hydrogen-bond acceptors (Lipinski definition) is 1. The highest BCUT2D eigenvalue weighted by molar-refractivity contribution is 9.10. The van der Waals surface area contributed by atoms with Crippen LogP contribution in [0.5, 0.6) is 0 Å². The maximum absolute atomic E-state index is 3.84. The van der Waals surface area contributed by atoms with Crippen molar-refractivity contribution in [2.45, 2.75) is 105 Å². The molecule has 0 fully saturated rings. The van der Waals surface area contributed by atoms with Crippen LogP contribution in [0.1, 0.15) is 105 Å².